The summed E-state index contributed by atoms with van der Waals surface area (Å²) in [6.45, 7) is 0. The molecule has 1 aliphatic rings. The third-order valence-corrected chi connectivity index (χ3v) is 3.16. The van der Waals surface area contributed by atoms with Gasteiger partial charge in [-0.1, -0.05) is 12.1 Å². The minimum absolute atomic E-state index is 0.0878. The third-order valence-electron chi connectivity index (χ3n) is 3.16. The Bertz CT molecular complexity index is 686. The van der Waals surface area contributed by atoms with Crippen LogP contribution >= 0.6 is 0 Å². The van der Waals surface area contributed by atoms with Crippen LogP contribution in [0.1, 0.15) is 0 Å². The first-order chi connectivity index (χ1) is 10.9. The van der Waals surface area contributed by atoms with E-state index in [0.717, 1.165) is 6.07 Å². The Kier molecular flexibility index (Phi) is 4.23. The van der Waals surface area contributed by atoms with Crippen molar-refractivity contribution in [1.29, 1.82) is 0 Å². The summed E-state index contributed by atoms with van der Waals surface area (Å²) in [4.78, 5) is 11.5. The Morgan fingerprint density at radius 1 is 0.875 bits per heavy atom. The summed E-state index contributed by atoms with van der Waals surface area (Å²) in [7, 11) is 0. The van der Waals surface area contributed by atoms with E-state index in [2.05, 4.69) is 0 Å². The number of halogens is 8. The van der Waals surface area contributed by atoms with E-state index in [0.29, 0.717) is 0 Å². The smallest absolute Gasteiger partial charge is 0.352 e. The third kappa shape index (κ3) is 2.67. The minimum Gasteiger partial charge on any atom is -0.352 e. The summed E-state index contributed by atoms with van der Waals surface area (Å²) >= 11 is 0. The highest BCUT2D eigenvalue weighted by Gasteiger charge is 2.76. The van der Waals surface area contributed by atoms with Gasteiger partial charge in [-0.15, -0.1) is 0 Å². The Labute approximate surface area is 129 Å². The van der Waals surface area contributed by atoms with Crippen LogP contribution in [0.4, 0.5) is 46.5 Å². The summed E-state index contributed by atoms with van der Waals surface area (Å²) in [6.07, 6.45) is -5.12. The number of allylic oxidation sites excluding steroid dienone is 1. The number of carbonyl (C=O) groups excluding carboxylic acids is 1. The second kappa shape index (κ2) is 5.64. The molecule has 0 saturated heterocycles. The lowest BCUT2D eigenvalue weighted by Crippen LogP contribution is -2.59. The fraction of sp³-hybridized carbons (Fsp3) is 0.308. The van der Waals surface area contributed by atoms with Gasteiger partial charge in [0.2, 0.25) is 5.91 Å². The Morgan fingerprint density at radius 3 is 1.88 bits per heavy atom. The maximum absolute atomic E-state index is 13.9. The van der Waals surface area contributed by atoms with Crippen LogP contribution in [0.2, 0.25) is 0 Å². The monoisotopic (exact) mass is 360 g/mol. The fourth-order valence-electron chi connectivity index (χ4n) is 1.87. The van der Waals surface area contributed by atoms with Gasteiger partial charge in [0.05, 0.1) is 17.1 Å². The maximum Gasteiger partial charge on any atom is 0.383 e. The molecule has 0 atom stereocenters. The van der Waals surface area contributed by atoms with E-state index in [4.69, 9.17) is 0 Å². The molecule has 132 valence electrons. The van der Waals surface area contributed by atoms with Crippen LogP contribution in [0.3, 0.4) is 0 Å². The van der Waals surface area contributed by atoms with Gasteiger partial charge in [0, 0.05) is 6.08 Å². The Hall–Kier alpha value is -2.33. The molecule has 0 fully saturated rings. The number of fused-ring (bicyclic) bond motifs is 1. The molecule has 2 rings (SSSR count). The zero-order chi connectivity index (χ0) is 18.3. The molecule has 0 aliphatic carbocycles. The summed E-state index contributed by atoms with van der Waals surface area (Å²) in [6, 6.07) is 4.98. The molecule has 0 aromatic heterocycles. The van der Waals surface area contributed by atoms with E-state index in [1.54, 1.807) is 5.32 Å². The summed E-state index contributed by atoms with van der Waals surface area (Å²) in [5.74, 6) is -19.9. The lowest BCUT2D eigenvalue weighted by Gasteiger charge is -2.33. The molecule has 0 spiro atoms. The maximum atomic E-state index is 13.9. The van der Waals surface area contributed by atoms with Crippen molar-refractivity contribution in [2.24, 2.45) is 0 Å². The van der Waals surface area contributed by atoms with Crippen molar-refractivity contribution in [1.82, 2.24) is 0 Å². The average molecular weight is 360 g/mol. The molecule has 1 aliphatic heterocycles. The van der Waals surface area contributed by atoms with Crippen LogP contribution in [0, 0.1) is 0 Å². The first kappa shape index (κ1) is 18.0. The van der Waals surface area contributed by atoms with Crippen molar-refractivity contribution >= 4 is 17.3 Å². The van der Waals surface area contributed by atoms with Gasteiger partial charge < -0.3 is 10.6 Å². The van der Waals surface area contributed by atoms with E-state index in [1.807, 2.05) is 5.32 Å². The quantitative estimate of drug-likeness (QED) is 0.794. The number of amides is 1. The molecule has 2 N–H and O–H groups in total. The molecule has 0 bridgehead atoms. The number of para-hydroxylation sites is 2. The molecule has 3 nitrogen and oxygen atoms in total. The second-order valence-corrected chi connectivity index (χ2v) is 4.79. The molecule has 1 heterocycles. The van der Waals surface area contributed by atoms with Gasteiger partial charge in [0.25, 0.3) is 0 Å². The van der Waals surface area contributed by atoms with Gasteiger partial charge >= 0.3 is 24.2 Å². The van der Waals surface area contributed by atoms with Crippen LogP contribution in [0.15, 0.2) is 36.0 Å². The van der Waals surface area contributed by atoms with Crippen molar-refractivity contribution in [3.8, 4) is 0 Å². The molecule has 1 aromatic rings. The zero-order valence-corrected chi connectivity index (χ0v) is 11.4. The highest BCUT2D eigenvalue weighted by atomic mass is 19.4. The number of carbonyl (C=O) groups is 1. The summed E-state index contributed by atoms with van der Waals surface area (Å²) in [5.41, 5.74) is -2.32. The molecule has 0 unspecified atom stereocenters. The standard InChI is InChI=1S/C13H8F8N2O/c14-10(15)12(18,19)13(20,21)11(16,17)8-5-9(24)23-7-4-2-1-3-6(7)22-8/h1-5,10,22H,(H,23,24). The van der Waals surface area contributed by atoms with Crippen molar-refractivity contribution in [2.75, 3.05) is 10.6 Å². The lowest BCUT2D eigenvalue weighted by molar-refractivity contribution is -0.327. The molecule has 1 amide bonds. The van der Waals surface area contributed by atoms with E-state index in [9.17, 15) is 39.9 Å². The molecular weight excluding hydrogens is 352 g/mol. The zero-order valence-electron chi connectivity index (χ0n) is 11.4. The van der Waals surface area contributed by atoms with Gasteiger partial charge in [-0.05, 0) is 12.1 Å². The van der Waals surface area contributed by atoms with Gasteiger partial charge in [-0.2, -0.15) is 26.3 Å². The number of benzene rings is 1. The largest absolute Gasteiger partial charge is 0.383 e. The first-order valence-electron chi connectivity index (χ1n) is 6.22. The van der Waals surface area contributed by atoms with Crippen molar-refractivity contribution < 1.29 is 39.9 Å². The number of nitrogens with one attached hydrogen (secondary N) is 2. The second-order valence-electron chi connectivity index (χ2n) is 4.79. The van der Waals surface area contributed by atoms with Crippen molar-refractivity contribution in [3.05, 3.63) is 36.0 Å². The topological polar surface area (TPSA) is 41.1 Å². The van der Waals surface area contributed by atoms with Gasteiger partial charge in [-0.3, -0.25) is 4.79 Å². The Balaban J connectivity index is 2.50. The van der Waals surface area contributed by atoms with Crippen LogP contribution in [-0.2, 0) is 4.79 Å². The number of hydrogen-bond acceptors (Lipinski definition) is 2. The summed E-state index contributed by atoms with van der Waals surface area (Å²) in [5, 5.41) is 3.76. The SMILES string of the molecule is O=C1C=C(C(F)(F)C(F)(F)C(F)(F)C(F)F)Nc2ccccc2N1. The van der Waals surface area contributed by atoms with Gasteiger partial charge in [0.15, 0.2) is 0 Å². The van der Waals surface area contributed by atoms with Crippen LogP contribution in [-0.4, -0.2) is 30.1 Å². The van der Waals surface area contributed by atoms with Gasteiger partial charge in [0.1, 0.15) is 0 Å². The summed E-state index contributed by atoms with van der Waals surface area (Å²) < 4.78 is 105. The molecule has 0 saturated carbocycles. The predicted molar refractivity (Wildman–Crippen MR) is 67.6 cm³/mol. The number of anilines is 2. The normalized spacial score (nSPS) is 16.0. The van der Waals surface area contributed by atoms with Crippen LogP contribution < -0.4 is 10.6 Å². The highest BCUT2D eigenvalue weighted by molar-refractivity contribution is 6.04. The number of alkyl halides is 8. The van der Waals surface area contributed by atoms with Crippen LogP contribution in [0.25, 0.3) is 0 Å². The fourth-order valence-corrected chi connectivity index (χ4v) is 1.87. The predicted octanol–water partition coefficient (Wildman–Crippen LogP) is 4.11. The van der Waals surface area contributed by atoms with E-state index >= 15 is 0 Å². The van der Waals surface area contributed by atoms with Crippen molar-refractivity contribution in [2.45, 2.75) is 24.2 Å². The average Bonchev–Trinajstić information content (AvgIpc) is 2.64. The van der Waals surface area contributed by atoms with Gasteiger partial charge in [-0.25, -0.2) is 8.78 Å². The first-order valence-corrected chi connectivity index (χ1v) is 6.22. The van der Waals surface area contributed by atoms with E-state index in [-0.39, 0.29) is 17.5 Å². The van der Waals surface area contributed by atoms with Crippen molar-refractivity contribution in [3.63, 3.8) is 0 Å². The number of rotatable bonds is 4. The molecule has 24 heavy (non-hydrogen) atoms. The molecule has 0 radical (unpaired) electrons. The molecular formula is C13H8F8N2O. The molecule has 1 aromatic carbocycles. The highest BCUT2D eigenvalue weighted by Crippen LogP contribution is 2.51. The van der Waals surface area contributed by atoms with E-state index in [1.165, 1.54) is 18.2 Å². The van der Waals surface area contributed by atoms with E-state index < -0.39 is 35.8 Å². The molecule has 11 heteroatoms. The minimum atomic E-state index is -6.45. The Morgan fingerprint density at radius 2 is 1.38 bits per heavy atom. The van der Waals surface area contributed by atoms with Crippen LogP contribution in [0.5, 0.6) is 0 Å². The lowest BCUT2D eigenvalue weighted by atomic mass is 10.0. The number of hydrogen-bond donors (Lipinski definition) is 2.